The summed E-state index contributed by atoms with van der Waals surface area (Å²) in [4.78, 5) is 1.18. The molecule has 2 aromatic rings. The Kier molecular flexibility index (Phi) is 3.93. The van der Waals surface area contributed by atoms with Gasteiger partial charge in [-0.2, -0.15) is 10.2 Å². The summed E-state index contributed by atoms with van der Waals surface area (Å²) in [5.41, 5.74) is 2.34. The predicted octanol–water partition coefficient (Wildman–Crippen LogP) is 2.77. The number of nitrogens with zero attached hydrogens (tertiary/aromatic N) is 4. The summed E-state index contributed by atoms with van der Waals surface area (Å²) < 4.78 is 4.91. The maximum Gasteiger partial charge on any atom is 0.0767 e. The van der Waals surface area contributed by atoms with Gasteiger partial charge in [0.15, 0.2) is 0 Å². The van der Waals surface area contributed by atoms with E-state index in [1.54, 1.807) is 11.8 Å². The Balaban J connectivity index is 2.11. The molecule has 0 bridgehead atoms. The number of rotatable bonds is 4. The van der Waals surface area contributed by atoms with Crippen LogP contribution in [-0.2, 0) is 26.3 Å². The molecule has 2 heterocycles. The topological polar surface area (TPSA) is 35.6 Å². The molecule has 2 aromatic heterocycles. The van der Waals surface area contributed by atoms with Gasteiger partial charge in [0.2, 0.25) is 0 Å². The van der Waals surface area contributed by atoms with Crippen LogP contribution in [0, 0.1) is 0 Å². The van der Waals surface area contributed by atoms with Crippen LogP contribution in [0.25, 0.3) is 0 Å². The minimum Gasteiger partial charge on any atom is -0.275 e. The van der Waals surface area contributed by atoms with E-state index in [0.717, 1.165) is 22.3 Å². The third-order valence-electron chi connectivity index (χ3n) is 2.56. The van der Waals surface area contributed by atoms with Crippen molar-refractivity contribution in [2.45, 2.75) is 24.0 Å². The highest BCUT2D eigenvalue weighted by Gasteiger charge is 2.12. The second kappa shape index (κ2) is 5.27. The molecule has 0 saturated heterocycles. The molecule has 0 amide bonds. The summed E-state index contributed by atoms with van der Waals surface area (Å²) in [7, 11) is 3.92. The highest BCUT2D eigenvalue weighted by atomic mass is 79.9. The predicted molar refractivity (Wildman–Crippen MR) is 73.1 cm³/mol. The molecule has 0 unspecified atom stereocenters. The highest BCUT2D eigenvalue weighted by molar-refractivity contribution is 9.10. The Morgan fingerprint density at radius 3 is 2.71 bits per heavy atom. The van der Waals surface area contributed by atoms with Crippen LogP contribution in [0.4, 0.5) is 0 Å². The number of aromatic nitrogens is 4. The van der Waals surface area contributed by atoms with E-state index >= 15 is 0 Å². The zero-order valence-electron chi connectivity index (χ0n) is 10.1. The second-order valence-corrected chi connectivity index (χ2v) is 5.66. The molecular weight excluding hydrogens is 300 g/mol. The first-order valence-electron chi connectivity index (χ1n) is 5.43. The number of aryl methyl sites for hydroxylation is 3. The van der Waals surface area contributed by atoms with Gasteiger partial charge in [0.25, 0.3) is 0 Å². The molecule has 0 N–H and O–H groups in total. The Labute approximate surface area is 114 Å². The van der Waals surface area contributed by atoms with E-state index in [4.69, 9.17) is 0 Å². The van der Waals surface area contributed by atoms with Crippen molar-refractivity contribution in [2.24, 2.45) is 14.1 Å². The molecule has 0 aliphatic rings. The molecule has 0 saturated carbocycles. The average Bonchev–Trinajstić information content (AvgIpc) is 2.82. The Morgan fingerprint density at radius 1 is 1.41 bits per heavy atom. The fourth-order valence-electron chi connectivity index (χ4n) is 1.60. The van der Waals surface area contributed by atoms with E-state index in [2.05, 4.69) is 33.1 Å². The molecule has 0 spiro atoms. The Hall–Kier alpha value is -0.750. The van der Waals surface area contributed by atoms with Crippen molar-refractivity contribution < 1.29 is 0 Å². The largest absolute Gasteiger partial charge is 0.275 e. The van der Waals surface area contributed by atoms with E-state index in [9.17, 15) is 0 Å². The Morgan fingerprint density at radius 2 is 2.18 bits per heavy atom. The van der Waals surface area contributed by atoms with Gasteiger partial charge in [-0.15, -0.1) is 11.8 Å². The van der Waals surface area contributed by atoms with Gasteiger partial charge in [-0.1, -0.05) is 6.92 Å². The molecule has 0 aliphatic carbocycles. The van der Waals surface area contributed by atoms with Crippen molar-refractivity contribution in [1.29, 1.82) is 0 Å². The third-order valence-corrected chi connectivity index (χ3v) is 4.44. The van der Waals surface area contributed by atoms with Crippen LogP contribution in [0.3, 0.4) is 0 Å². The van der Waals surface area contributed by atoms with Crippen molar-refractivity contribution in [1.82, 2.24) is 19.6 Å². The normalized spacial score (nSPS) is 11.1. The molecule has 92 valence electrons. The van der Waals surface area contributed by atoms with Crippen LogP contribution >= 0.6 is 27.7 Å². The summed E-state index contributed by atoms with van der Waals surface area (Å²) >= 11 is 5.40. The van der Waals surface area contributed by atoms with Crippen LogP contribution in [0.15, 0.2) is 21.8 Å². The molecule has 4 nitrogen and oxygen atoms in total. The molecule has 0 fully saturated rings. The quantitative estimate of drug-likeness (QED) is 0.814. The van der Waals surface area contributed by atoms with E-state index < -0.39 is 0 Å². The maximum atomic E-state index is 4.48. The summed E-state index contributed by atoms with van der Waals surface area (Å²) in [5.74, 6) is 0.899. The third kappa shape index (κ3) is 2.74. The van der Waals surface area contributed by atoms with Gasteiger partial charge in [0.05, 0.1) is 22.1 Å². The molecular formula is C11H15BrN4S. The van der Waals surface area contributed by atoms with Gasteiger partial charge in [-0.05, 0) is 22.4 Å². The minimum atomic E-state index is 0.899. The van der Waals surface area contributed by atoms with E-state index in [-0.39, 0.29) is 0 Å². The number of hydrogen-bond donors (Lipinski definition) is 0. The van der Waals surface area contributed by atoms with Crippen molar-refractivity contribution >= 4 is 27.7 Å². The van der Waals surface area contributed by atoms with Gasteiger partial charge in [0.1, 0.15) is 0 Å². The smallest absolute Gasteiger partial charge is 0.0767 e. The lowest BCUT2D eigenvalue weighted by Gasteiger charge is -2.01. The minimum absolute atomic E-state index is 0.899. The summed E-state index contributed by atoms with van der Waals surface area (Å²) in [6.07, 6.45) is 4.86. The summed E-state index contributed by atoms with van der Waals surface area (Å²) in [6, 6.07) is 0. The zero-order chi connectivity index (χ0) is 12.4. The Bertz CT molecular complexity index is 518. The first-order valence-corrected chi connectivity index (χ1v) is 7.21. The van der Waals surface area contributed by atoms with Crippen molar-refractivity contribution in [3.05, 3.63) is 28.3 Å². The number of hydrogen-bond acceptors (Lipinski definition) is 3. The van der Waals surface area contributed by atoms with Gasteiger partial charge < -0.3 is 0 Å². The van der Waals surface area contributed by atoms with E-state index in [1.807, 2.05) is 35.9 Å². The lowest BCUT2D eigenvalue weighted by Crippen LogP contribution is -1.96. The van der Waals surface area contributed by atoms with Crippen LogP contribution in [-0.4, -0.2) is 19.6 Å². The van der Waals surface area contributed by atoms with Crippen LogP contribution in [0.2, 0.25) is 0 Å². The fourth-order valence-corrected chi connectivity index (χ4v) is 3.53. The molecule has 6 heteroatoms. The van der Waals surface area contributed by atoms with E-state index in [0.29, 0.717) is 0 Å². The maximum absolute atomic E-state index is 4.48. The molecule has 17 heavy (non-hydrogen) atoms. The SMILES string of the molecule is CCc1nn(C)c(CSc2cnn(C)c2)c1Br. The first-order chi connectivity index (χ1) is 8.11. The number of halogens is 1. The monoisotopic (exact) mass is 314 g/mol. The van der Waals surface area contributed by atoms with E-state index in [1.165, 1.54) is 10.6 Å². The van der Waals surface area contributed by atoms with Crippen molar-refractivity contribution in [3.8, 4) is 0 Å². The molecule has 0 radical (unpaired) electrons. The first kappa shape index (κ1) is 12.7. The summed E-state index contributed by atoms with van der Waals surface area (Å²) in [5, 5.41) is 8.64. The van der Waals surface area contributed by atoms with Gasteiger partial charge in [-0.25, -0.2) is 0 Å². The van der Waals surface area contributed by atoms with Crippen LogP contribution in [0.5, 0.6) is 0 Å². The van der Waals surface area contributed by atoms with Crippen LogP contribution in [0.1, 0.15) is 18.3 Å². The highest BCUT2D eigenvalue weighted by Crippen LogP contribution is 2.28. The summed E-state index contributed by atoms with van der Waals surface area (Å²) in [6.45, 7) is 2.12. The molecule has 0 atom stereocenters. The lowest BCUT2D eigenvalue weighted by atomic mass is 10.3. The molecule has 2 rings (SSSR count). The number of thioether (sulfide) groups is 1. The van der Waals surface area contributed by atoms with Crippen molar-refractivity contribution in [2.75, 3.05) is 0 Å². The second-order valence-electron chi connectivity index (χ2n) is 3.82. The molecule has 0 aliphatic heterocycles. The van der Waals surface area contributed by atoms with Gasteiger partial charge >= 0.3 is 0 Å². The van der Waals surface area contributed by atoms with Gasteiger partial charge in [-0.3, -0.25) is 9.36 Å². The van der Waals surface area contributed by atoms with Gasteiger partial charge in [0, 0.05) is 30.9 Å². The lowest BCUT2D eigenvalue weighted by molar-refractivity contribution is 0.719. The van der Waals surface area contributed by atoms with Crippen LogP contribution < -0.4 is 0 Å². The zero-order valence-corrected chi connectivity index (χ0v) is 12.5. The van der Waals surface area contributed by atoms with Crippen molar-refractivity contribution in [3.63, 3.8) is 0 Å². The molecule has 0 aromatic carbocycles. The fraction of sp³-hybridized carbons (Fsp3) is 0.455. The standard InChI is InChI=1S/C11H15BrN4S/c1-4-9-11(12)10(16(3)14-9)7-17-8-5-13-15(2)6-8/h5-6H,4,7H2,1-3H3. The average molecular weight is 315 g/mol.